The highest BCUT2D eigenvalue weighted by Crippen LogP contribution is 2.62. The summed E-state index contributed by atoms with van der Waals surface area (Å²) < 4.78 is 5.55. The van der Waals surface area contributed by atoms with E-state index in [4.69, 9.17) is 4.74 Å². The van der Waals surface area contributed by atoms with Gasteiger partial charge in [-0.15, -0.1) is 11.3 Å². The molecule has 4 aliphatic carbocycles. The monoisotopic (exact) mass is 363 g/mol. The molecule has 5 rings (SSSR count). The lowest BCUT2D eigenvalue weighted by atomic mass is 9.48. The molecule has 6 heteroatoms. The second-order valence-corrected chi connectivity index (χ2v) is 9.34. The zero-order valence-electron chi connectivity index (χ0n) is 14.5. The first-order chi connectivity index (χ1) is 11.9. The van der Waals surface area contributed by atoms with Gasteiger partial charge >= 0.3 is 5.97 Å². The first kappa shape index (κ1) is 17.0. The molecule has 0 saturated heterocycles. The van der Waals surface area contributed by atoms with Crippen LogP contribution in [-0.4, -0.2) is 28.7 Å². The third kappa shape index (κ3) is 3.22. The Morgan fingerprint density at radius 1 is 1.36 bits per heavy atom. The number of ether oxygens (including phenoxy) is 1. The number of thiophene rings is 1. The van der Waals surface area contributed by atoms with Crippen molar-refractivity contribution in [1.82, 2.24) is 5.32 Å². The summed E-state index contributed by atoms with van der Waals surface area (Å²) in [5.41, 5.74) is -1.28. The van der Waals surface area contributed by atoms with E-state index in [1.165, 1.54) is 0 Å². The highest BCUT2D eigenvalue weighted by atomic mass is 32.1. The lowest BCUT2D eigenvalue weighted by molar-refractivity contribution is -0.200. The van der Waals surface area contributed by atoms with Gasteiger partial charge in [-0.1, -0.05) is 6.07 Å². The first-order valence-electron chi connectivity index (χ1n) is 9.11. The van der Waals surface area contributed by atoms with Gasteiger partial charge in [0.1, 0.15) is 0 Å². The van der Waals surface area contributed by atoms with Crippen molar-refractivity contribution in [2.75, 3.05) is 0 Å². The van der Waals surface area contributed by atoms with E-state index in [1.807, 2.05) is 17.5 Å². The third-order valence-electron chi connectivity index (χ3n) is 6.13. The Morgan fingerprint density at radius 3 is 2.68 bits per heavy atom. The van der Waals surface area contributed by atoms with Gasteiger partial charge in [0, 0.05) is 4.88 Å². The minimum atomic E-state index is -0.810. The van der Waals surface area contributed by atoms with Crippen LogP contribution >= 0.6 is 11.3 Å². The van der Waals surface area contributed by atoms with Crippen molar-refractivity contribution in [2.45, 2.75) is 63.7 Å². The van der Waals surface area contributed by atoms with Crippen molar-refractivity contribution in [3.05, 3.63) is 22.4 Å². The van der Waals surface area contributed by atoms with Gasteiger partial charge in [0.25, 0.3) is 5.91 Å². The molecule has 0 radical (unpaired) electrons. The molecule has 0 spiro atoms. The predicted molar refractivity (Wildman–Crippen MR) is 93.8 cm³/mol. The number of carbonyl (C=O) groups excluding carboxylic acids is 2. The molecule has 4 fully saturated rings. The Kier molecular flexibility index (Phi) is 4.15. The zero-order valence-corrected chi connectivity index (χ0v) is 15.3. The fourth-order valence-electron chi connectivity index (χ4n) is 5.52. The fourth-order valence-corrected chi connectivity index (χ4v) is 6.17. The van der Waals surface area contributed by atoms with E-state index < -0.39 is 17.1 Å². The summed E-state index contributed by atoms with van der Waals surface area (Å²) in [7, 11) is 0. The molecule has 0 aliphatic heterocycles. The minimum absolute atomic E-state index is 0.273. The Morgan fingerprint density at radius 2 is 2.08 bits per heavy atom. The van der Waals surface area contributed by atoms with Crippen LogP contribution in [0.25, 0.3) is 0 Å². The third-order valence-corrected chi connectivity index (χ3v) is 7.01. The fraction of sp³-hybridized carbons (Fsp3) is 0.684. The van der Waals surface area contributed by atoms with E-state index in [-0.39, 0.29) is 11.9 Å². The van der Waals surface area contributed by atoms with Crippen LogP contribution in [0.2, 0.25) is 0 Å². The van der Waals surface area contributed by atoms with Crippen LogP contribution in [0.1, 0.15) is 50.3 Å². The van der Waals surface area contributed by atoms with Gasteiger partial charge in [0.2, 0.25) is 0 Å². The molecule has 1 aromatic rings. The second kappa shape index (κ2) is 6.09. The molecular formula is C19H25NO4S. The van der Waals surface area contributed by atoms with Gasteiger partial charge in [0.05, 0.1) is 17.6 Å². The molecular weight excluding hydrogens is 338 g/mol. The van der Waals surface area contributed by atoms with Crippen molar-refractivity contribution in [3.8, 4) is 0 Å². The van der Waals surface area contributed by atoms with Gasteiger partial charge in [-0.2, -0.15) is 0 Å². The lowest BCUT2D eigenvalue weighted by Crippen LogP contribution is -2.59. The summed E-state index contributed by atoms with van der Waals surface area (Å²) >= 11 is 1.58. The van der Waals surface area contributed by atoms with Crippen LogP contribution in [0.5, 0.6) is 0 Å². The minimum Gasteiger partial charge on any atom is -0.452 e. The average molecular weight is 363 g/mol. The van der Waals surface area contributed by atoms with Crippen molar-refractivity contribution < 1.29 is 19.4 Å². The maximum atomic E-state index is 12.9. The maximum absolute atomic E-state index is 12.9. The Hall–Kier alpha value is -1.40. The molecule has 3 atom stereocenters. The number of amides is 1. The first-order valence-corrected chi connectivity index (χ1v) is 9.99. The van der Waals surface area contributed by atoms with E-state index >= 15 is 0 Å². The molecule has 2 N–H and O–H groups in total. The standard InChI is InChI=1S/C19H25NO4S/c1-12(16(21)20-10-15-3-2-4-25-15)24-17(22)18-6-13-5-14(7-18)9-19(23,8-13)11-18/h2-4,12-14,23H,5-11H2,1H3,(H,20,21). The van der Waals surface area contributed by atoms with Gasteiger partial charge in [0.15, 0.2) is 6.10 Å². The number of aliphatic hydroxyl groups is 1. The smallest absolute Gasteiger partial charge is 0.312 e. The average Bonchev–Trinajstić information content (AvgIpc) is 3.03. The van der Waals surface area contributed by atoms with Gasteiger partial charge < -0.3 is 15.2 Å². The normalized spacial score (nSPS) is 36.9. The number of carbonyl (C=O) groups is 2. The number of hydrogen-bond acceptors (Lipinski definition) is 5. The van der Waals surface area contributed by atoms with E-state index in [1.54, 1.807) is 18.3 Å². The Labute approximate surface area is 151 Å². The van der Waals surface area contributed by atoms with Gasteiger partial charge in [-0.25, -0.2) is 0 Å². The van der Waals surface area contributed by atoms with Gasteiger partial charge in [-0.3, -0.25) is 9.59 Å². The molecule has 136 valence electrons. The molecule has 4 saturated carbocycles. The van der Waals surface area contributed by atoms with Crippen LogP contribution in [0.15, 0.2) is 17.5 Å². The molecule has 25 heavy (non-hydrogen) atoms. The topological polar surface area (TPSA) is 75.6 Å². The quantitative estimate of drug-likeness (QED) is 0.789. The second-order valence-electron chi connectivity index (χ2n) is 8.31. The summed E-state index contributed by atoms with van der Waals surface area (Å²) in [6.45, 7) is 2.07. The Bertz CT molecular complexity index is 657. The van der Waals surface area contributed by atoms with Crippen molar-refractivity contribution in [2.24, 2.45) is 17.3 Å². The number of esters is 1. The molecule has 1 heterocycles. The number of hydrogen-bond donors (Lipinski definition) is 2. The van der Waals surface area contributed by atoms with Crippen LogP contribution < -0.4 is 5.32 Å². The van der Waals surface area contributed by atoms with E-state index in [0.29, 0.717) is 24.8 Å². The molecule has 3 unspecified atom stereocenters. The van der Waals surface area contributed by atoms with Crippen LogP contribution in [0.4, 0.5) is 0 Å². The highest BCUT2D eigenvalue weighted by Gasteiger charge is 2.61. The summed E-state index contributed by atoms with van der Waals surface area (Å²) in [5.74, 6) is 0.271. The maximum Gasteiger partial charge on any atom is 0.312 e. The van der Waals surface area contributed by atoms with Crippen LogP contribution in [0.3, 0.4) is 0 Å². The van der Waals surface area contributed by atoms with E-state index in [9.17, 15) is 14.7 Å². The van der Waals surface area contributed by atoms with Crippen molar-refractivity contribution in [3.63, 3.8) is 0 Å². The van der Waals surface area contributed by atoms with Crippen LogP contribution in [-0.2, 0) is 20.9 Å². The van der Waals surface area contributed by atoms with E-state index in [0.717, 1.165) is 37.0 Å². The molecule has 4 aliphatic rings. The highest BCUT2D eigenvalue weighted by molar-refractivity contribution is 7.09. The molecule has 4 bridgehead atoms. The number of nitrogens with one attached hydrogen (secondary N) is 1. The SMILES string of the molecule is CC(OC(=O)C12CC3CC(CC(O)(C3)C1)C2)C(=O)NCc1cccs1. The molecule has 1 aromatic heterocycles. The van der Waals surface area contributed by atoms with Crippen LogP contribution in [0, 0.1) is 17.3 Å². The number of rotatable bonds is 5. The predicted octanol–water partition coefficient (Wildman–Crippen LogP) is 2.63. The summed E-state index contributed by atoms with van der Waals surface area (Å²) in [4.78, 5) is 26.2. The lowest BCUT2D eigenvalue weighted by Gasteiger charge is -2.58. The molecule has 1 amide bonds. The Balaban J connectivity index is 1.37. The van der Waals surface area contributed by atoms with Gasteiger partial charge in [-0.05, 0) is 68.7 Å². The summed E-state index contributed by atoms with van der Waals surface area (Å²) in [6.07, 6.45) is 4.03. The summed E-state index contributed by atoms with van der Waals surface area (Å²) in [5, 5.41) is 15.5. The molecule has 0 aromatic carbocycles. The van der Waals surface area contributed by atoms with Crippen molar-refractivity contribution >= 4 is 23.2 Å². The molecule has 5 nitrogen and oxygen atoms in total. The summed E-state index contributed by atoms with van der Waals surface area (Å²) in [6, 6.07) is 3.89. The largest absolute Gasteiger partial charge is 0.452 e. The van der Waals surface area contributed by atoms with E-state index in [2.05, 4.69) is 5.32 Å². The van der Waals surface area contributed by atoms with Crippen molar-refractivity contribution in [1.29, 1.82) is 0 Å². The zero-order chi connectivity index (χ0) is 17.7.